The van der Waals surface area contributed by atoms with Gasteiger partial charge in [-0.2, -0.15) is 17.5 Å². The normalized spacial score (nSPS) is 22.9. The minimum absolute atomic E-state index is 0.102. The van der Waals surface area contributed by atoms with Gasteiger partial charge in [0.05, 0.1) is 24.1 Å². The third-order valence-electron chi connectivity index (χ3n) is 7.24. The monoisotopic (exact) mass is 622 g/mol. The van der Waals surface area contributed by atoms with E-state index in [1.807, 2.05) is 0 Å². The molecule has 0 spiro atoms. The molecule has 1 saturated heterocycles. The lowest BCUT2D eigenvalue weighted by Crippen LogP contribution is -2.59. The summed E-state index contributed by atoms with van der Waals surface area (Å²) in [6.45, 7) is 0.807. The lowest BCUT2D eigenvalue weighted by Gasteiger charge is -2.52. The molecule has 2 aromatic rings. The van der Waals surface area contributed by atoms with Crippen LogP contribution in [0, 0.1) is 5.41 Å². The van der Waals surface area contributed by atoms with Gasteiger partial charge in [0.2, 0.25) is 15.9 Å². The van der Waals surface area contributed by atoms with E-state index in [2.05, 4.69) is 0 Å². The van der Waals surface area contributed by atoms with Crippen LogP contribution in [0.2, 0.25) is 10.0 Å². The second-order valence-corrected chi connectivity index (χ2v) is 13.3. The molecule has 0 radical (unpaired) electrons. The maximum absolute atomic E-state index is 14.2. The molecular formula is C27H31Cl2F3N2O5S. The molecule has 7 nitrogen and oxygen atoms in total. The van der Waals surface area contributed by atoms with E-state index in [1.165, 1.54) is 11.8 Å². The second kappa shape index (κ2) is 12.3. The summed E-state index contributed by atoms with van der Waals surface area (Å²) in [4.78, 5) is 27.5. The number of aliphatic carboxylic acids is 1. The zero-order valence-corrected chi connectivity index (χ0v) is 24.5. The van der Waals surface area contributed by atoms with E-state index in [0.717, 1.165) is 0 Å². The van der Waals surface area contributed by atoms with Crippen LogP contribution in [-0.4, -0.2) is 66.2 Å². The van der Waals surface area contributed by atoms with Gasteiger partial charge in [0.15, 0.2) is 0 Å². The lowest BCUT2D eigenvalue weighted by atomic mass is 9.67. The van der Waals surface area contributed by atoms with Crippen molar-refractivity contribution >= 4 is 45.1 Å². The third kappa shape index (κ3) is 7.69. The molecule has 1 heterocycles. The SMILES string of the molecule is CC[C@@H](CN(CC(F)(F)F)S(C)(=O)=O)N1C(=O)[C@@](C)(CC(=O)O)C[C@H](c2cccc(Cl)c2)C1c1ccc(Cl)cc1. The van der Waals surface area contributed by atoms with E-state index in [9.17, 15) is 36.3 Å². The van der Waals surface area contributed by atoms with Crippen molar-refractivity contribution in [2.24, 2.45) is 5.41 Å². The first kappa shape index (κ1) is 32.2. The van der Waals surface area contributed by atoms with Crippen molar-refractivity contribution in [3.63, 3.8) is 0 Å². The number of carboxylic acids is 1. The number of carbonyl (C=O) groups is 2. The highest BCUT2D eigenvalue weighted by Gasteiger charge is 2.53. The Morgan fingerprint density at radius 2 is 1.77 bits per heavy atom. The Labute approximate surface area is 241 Å². The molecule has 220 valence electrons. The first-order valence-electron chi connectivity index (χ1n) is 12.5. The quantitative estimate of drug-likeness (QED) is 0.344. The molecule has 1 N–H and O–H groups in total. The fourth-order valence-corrected chi connectivity index (χ4v) is 6.60. The number of sulfonamides is 1. The van der Waals surface area contributed by atoms with Crippen molar-refractivity contribution in [2.75, 3.05) is 19.3 Å². The van der Waals surface area contributed by atoms with E-state index in [0.29, 0.717) is 31.7 Å². The van der Waals surface area contributed by atoms with Crippen LogP contribution in [0.3, 0.4) is 0 Å². The summed E-state index contributed by atoms with van der Waals surface area (Å²) < 4.78 is 65.4. The number of alkyl halides is 3. The molecule has 40 heavy (non-hydrogen) atoms. The number of rotatable bonds is 10. The smallest absolute Gasteiger partial charge is 0.402 e. The highest BCUT2D eigenvalue weighted by Crippen LogP contribution is 2.52. The molecule has 1 aliphatic rings. The summed E-state index contributed by atoms with van der Waals surface area (Å²) >= 11 is 12.4. The molecule has 0 saturated carbocycles. The molecule has 0 aromatic heterocycles. The Bertz CT molecular complexity index is 1340. The van der Waals surface area contributed by atoms with E-state index < -0.39 is 71.0 Å². The summed E-state index contributed by atoms with van der Waals surface area (Å²) in [5.41, 5.74) is -0.123. The number of halogens is 5. The summed E-state index contributed by atoms with van der Waals surface area (Å²) in [7, 11) is -4.32. The topological polar surface area (TPSA) is 95.0 Å². The highest BCUT2D eigenvalue weighted by molar-refractivity contribution is 7.88. The molecule has 1 unspecified atom stereocenters. The maximum atomic E-state index is 14.2. The molecule has 4 atom stereocenters. The van der Waals surface area contributed by atoms with Crippen LogP contribution in [-0.2, 0) is 19.6 Å². The fraction of sp³-hybridized carbons (Fsp3) is 0.481. The van der Waals surface area contributed by atoms with Crippen LogP contribution >= 0.6 is 23.2 Å². The Kier molecular flexibility index (Phi) is 9.86. The number of hydrogen-bond donors (Lipinski definition) is 1. The average molecular weight is 624 g/mol. The van der Waals surface area contributed by atoms with Crippen molar-refractivity contribution in [1.82, 2.24) is 9.21 Å². The van der Waals surface area contributed by atoms with Gasteiger partial charge >= 0.3 is 12.1 Å². The van der Waals surface area contributed by atoms with Gasteiger partial charge in [-0.15, -0.1) is 0 Å². The predicted molar refractivity (Wildman–Crippen MR) is 147 cm³/mol. The molecule has 1 aliphatic heterocycles. The van der Waals surface area contributed by atoms with Crippen molar-refractivity contribution in [3.05, 3.63) is 69.7 Å². The van der Waals surface area contributed by atoms with Crippen LogP contribution in [0.15, 0.2) is 48.5 Å². The van der Waals surface area contributed by atoms with Gasteiger partial charge in [0.25, 0.3) is 0 Å². The van der Waals surface area contributed by atoms with E-state index in [1.54, 1.807) is 55.5 Å². The third-order valence-corrected chi connectivity index (χ3v) is 8.94. The summed E-state index contributed by atoms with van der Waals surface area (Å²) in [5, 5.41) is 10.5. The first-order valence-corrected chi connectivity index (χ1v) is 15.1. The second-order valence-electron chi connectivity index (χ2n) is 10.4. The van der Waals surface area contributed by atoms with Gasteiger partial charge in [0, 0.05) is 28.5 Å². The Balaban J connectivity index is 2.25. The van der Waals surface area contributed by atoms with Gasteiger partial charge in [0.1, 0.15) is 6.54 Å². The summed E-state index contributed by atoms with van der Waals surface area (Å²) in [5.74, 6) is -2.32. The van der Waals surface area contributed by atoms with Gasteiger partial charge in [-0.1, -0.05) is 61.3 Å². The van der Waals surface area contributed by atoms with E-state index >= 15 is 0 Å². The van der Waals surface area contributed by atoms with E-state index in [-0.39, 0.29) is 12.8 Å². The number of hydrogen-bond acceptors (Lipinski definition) is 4. The Morgan fingerprint density at radius 1 is 1.15 bits per heavy atom. The Hall–Kier alpha value is -2.34. The number of amides is 1. The molecule has 0 bridgehead atoms. The molecule has 0 aliphatic carbocycles. The van der Waals surface area contributed by atoms with Crippen LogP contribution < -0.4 is 0 Å². The van der Waals surface area contributed by atoms with Crippen molar-refractivity contribution in [1.29, 1.82) is 0 Å². The van der Waals surface area contributed by atoms with Crippen LogP contribution in [0.25, 0.3) is 0 Å². The van der Waals surface area contributed by atoms with Gasteiger partial charge < -0.3 is 10.0 Å². The minimum Gasteiger partial charge on any atom is -0.481 e. The van der Waals surface area contributed by atoms with Crippen molar-refractivity contribution < 1.29 is 36.3 Å². The largest absolute Gasteiger partial charge is 0.481 e. The number of carbonyl (C=O) groups excluding carboxylic acids is 1. The number of nitrogens with zero attached hydrogens (tertiary/aromatic N) is 2. The Morgan fingerprint density at radius 3 is 2.27 bits per heavy atom. The zero-order chi connectivity index (χ0) is 30.0. The molecule has 3 rings (SSSR count). The number of likely N-dealkylation sites (tertiary alicyclic amines) is 1. The van der Waals surface area contributed by atoms with Crippen molar-refractivity contribution in [3.8, 4) is 0 Å². The molecular weight excluding hydrogens is 592 g/mol. The summed E-state index contributed by atoms with van der Waals surface area (Å²) in [6, 6.07) is 11.7. The minimum atomic E-state index is -4.82. The summed E-state index contributed by atoms with van der Waals surface area (Å²) in [6.07, 6.45) is -4.45. The standard InChI is InChI=1S/C27H31Cl2F3N2O5S/c1-4-21(15-33(40(3,38)39)16-27(30,31)32)34-24(17-8-10-19(28)11-9-17)22(18-6-5-7-20(29)12-18)13-26(2,25(34)37)14-23(35)36/h5-12,21-22,24H,4,13-16H2,1-3H3,(H,35,36)/t21-,22+,24?,26+/m0/s1. The van der Waals surface area contributed by atoms with Gasteiger partial charge in [-0.25, -0.2) is 8.42 Å². The van der Waals surface area contributed by atoms with E-state index in [4.69, 9.17) is 23.2 Å². The average Bonchev–Trinajstić information content (AvgIpc) is 2.82. The van der Waals surface area contributed by atoms with Gasteiger partial charge in [-0.3, -0.25) is 9.59 Å². The number of carboxylic acid groups (broad SMARTS) is 1. The van der Waals surface area contributed by atoms with Gasteiger partial charge in [-0.05, 0) is 48.2 Å². The molecule has 1 fully saturated rings. The number of benzene rings is 2. The van der Waals surface area contributed by atoms with Crippen LogP contribution in [0.1, 0.15) is 56.2 Å². The van der Waals surface area contributed by atoms with Crippen LogP contribution in [0.5, 0.6) is 0 Å². The maximum Gasteiger partial charge on any atom is 0.402 e. The predicted octanol–water partition coefficient (Wildman–Crippen LogP) is 6.13. The van der Waals surface area contributed by atoms with Crippen LogP contribution in [0.4, 0.5) is 13.2 Å². The molecule has 13 heteroatoms. The zero-order valence-electron chi connectivity index (χ0n) is 22.2. The molecule has 1 amide bonds. The number of piperidine rings is 1. The fourth-order valence-electron chi connectivity index (χ4n) is 5.45. The highest BCUT2D eigenvalue weighted by atomic mass is 35.5. The lowest BCUT2D eigenvalue weighted by molar-refractivity contribution is -0.162. The first-order chi connectivity index (χ1) is 18.4. The van der Waals surface area contributed by atoms with Crippen molar-refractivity contribution in [2.45, 2.75) is 57.3 Å². The molecule has 2 aromatic carbocycles.